The normalized spacial score (nSPS) is 19.9. The number of halogens is 1. The summed E-state index contributed by atoms with van der Waals surface area (Å²) in [4.78, 5) is 12.8. The van der Waals surface area contributed by atoms with Crippen molar-refractivity contribution in [1.29, 1.82) is 0 Å². The molecule has 110 valence electrons. The van der Waals surface area contributed by atoms with E-state index in [2.05, 4.69) is 33.0 Å². The van der Waals surface area contributed by atoms with Gasteiger partial charge in [-0.1, -0.05) is 28.1 Å². The maximum absolute atomic E-state index is 10.5. The first-order chi connectivity index (χ1) is 9.65. The third-order valence-corrected chi connectivity index (χ3v) is 3.98. The molecule has 1 N–H and O–H groups in total. The number of benzene rings is 1. The molecule has 1 aliphatic heterocycles. The number of nitrogens with zero attached hydrogens (tertiary/aromatic N) is 1. The number of rotatable bonds is 6. The Morgan fingerprint density at radius 2 is 2.30 bits per heavy atom. The van der Waals surface area contributed by atoms with Crippen LogP contribution in [0.15, 0.2) is 28.7 Å². The molecule has 1 aromatic carbocycles. The monoisotopic (exact) mass is 341 g/mol. The minimum Gasteiger partial charge on any atom is -0.481 e. The van der Waals surface area contributed by atoms with Gasteiger partial charge in [-0.05, 0) is 37.1 Å². The summed E-state index contributed by atoms with van der Waals surface area (Å²) in [6.07, 6.45) is 2.05. The Morgan fingerprint density at radius 1 is 1.45 bits per heavy atom. The lowest BCUT2D eigenvalue weighted by Crippen LogP contribution is -2.38. The predicted octanol–water partition coefficient (Wildman–Crippen LogP) is 3.08. The standard InChI is InChI=1S/C15H20BrNO3/c16-13-5-3-4-12(10-13)14-11-17(8-9-20-14)7-2-1-6-15(18)19/h3-5,10,14H,1-2,6-9,11H2,(H,18,19)/t14-/m0/s1. The highest BCUT2D eigenvalue weighted by atomic mass is 79.9. The van der Waals surface area contributed by atoms with Crippen molar-refractivity contribution in [2.24, 2.45) is 0 Å². The summed E-state index contributed by atoms with van der Waals surface area (Å²) in [5.74, 6) is -0.709. The first kappa shape index (κ1) is 15.5. The summed E-state index contributed by atoms with van der Waals surface area (Å²) in [7, 11) is 0. The van der Waals surface area contributed by atoms with Crippen LogP contribution in [0.3, 0.4) is 0 Å². The summed E-state index contributed by atoms with van der Waals surface area (Å²) in [6.45, 7) is 3.48. The molecule has 1 fully saturated rings. The fourth-order valence-corrected chi connectivity index (χ4v) is 2.84. The second kappa shape index (κ2) is 7.76. The maximum atomic E-state index is 10.5. The molecule has 1 heterocycles. The first-order valence-corrected chi connectivity index (χ1v) is 7.75. The molecule has 0 amide bonds. The third-order valence-electron chi connectivity index (χ3n) is 3.49. The molecule has 0 spiro atoms. The number of carboxylic acid groups (broad SMARTS) is 1. The average Bonchev–Trinajstić information content (AvgIpc) is 2.44. The molecule has 1 atom stereocenters. The largest absolute Gasteiger partial charge is 0.481 e. The van der Waals surface area contributed by atoms with Gasteiger partial charge in [-0.15, -0.1) is 0 Å². The number of ether oxygens (including phenoxy) is 1. The van der Waals surface area contributed by atoms with Crippen LogP contribution in [-0.4, -0.2) is 42.2 Å². The molecular formula is C15H20BrNO3. The molecule has 20 heavy (non-hydrogen) atoms. The maximum Gasteiger partial charge on any atom is 0.303 e. The Morgan fingerprint density at radius 3 is 3.05 bits per heavy atom. The van der Waals surface area contributed by atoms with Gasteiger partial charge in [-0.2, -0.15) is 0 Å². The van der Waals surface area contributed by atoms with Crippen LogP contribution in [0, 0.1) is 0 Å². The lowest BCUT2D eigenvalue weighted by atomic mass is 10.1. The number of unbranched alkanes of at least 4 members (excludes halogenated alkanes) is 1. The van der Waals surface area contributed by atoms with E-state index in [9.17, 15) is 4.79 Å². The predicted molar refractivity (Wildman–Crippen MR) is 80.8 cm³/mol. The number of aliphatic carboxylic acids is 1. The van der Waals surface area contributed by atoms with Crippen molar-refractivity contribution >= 4 is 21.9 Å². The highest BCUT2D eigenvalue weighted by Crippen LogP contribution is 2.24. The van der Waals surface area contributed by atoms with Gasteiger partial charge in [0.2, 0.25) is 0 Å². The van der Waals surface area contributed by atoms with E-state index in [-0.39, 0.29) is 12.5 Å². The topological polar surface area (TPSA) is 49.8 Å². The number of hydrogen-bond donors (Lipinski definition) is 1. The summed E-state index contributed by atoms with van der Waals surface area (Å²) >= 11 is 3.48. The number of carboxylic acids is 1. The molecular weight excluding hydrogens is 322 g/mol. The summed E-state index contributed by atoms with van der Waals surface area (Å²) in [5.41, 5.74) is 1.19. The SMILES string of the molecule is O=C(O)CCCCN1CCO[C@H](c2cccc(Br)c2)C1. The quantitative estimate of drug-likeness (QED) is 0.808. The van der Waals surface area contributed by atoms with Gasteiger partial charge in [0, 0.05) is 24.0 Å². The molecule has 4 nitrogen and oxygen atoms in total. The molecule has 0 aliphatic carbocycles. The van der Waals surface area contributed by atoms with Gasteiger partial charge in [0.05, 0.1) is 12.7 Å². The Bertz CT molecular complexity index is 452. The van der Waals surface area contributed by atoms with E-state index in [1.54, 1.807) is 0 Å². The molecule has 0 bridgehead atoms. The van der Waals surface area contributed by atoms with Crippen LogP contribution in [0.4, 0.5) is 0 Å². The Labute approximate surface area is 127 Å². The fourth-order valence-electron chi connectivity index (χ4n) is 2.43. The van der Waals surface area contributed by atoms with E-state index in [4.69, 9.17) is 9.84 Å². The van der Waals surface area contributed by atoms with E-state index < -0.39 is 5.97 Å². The lowest BCUT2D eigenvalue weighted by Gasteiger charge is -2.33. The van der Waals surface area contributed by atoms with E-state index in [1.165, 1.54) is 5.56 Å². The second-order valence-corrected chi connectivity index (χ2v) is 5.98. The molecule has 5 heteroatoms. The molecule has 1 aliphatic rings. The fraction of sp³-hybridized carbons (Fsp3) is 0.533. The van der Waals surface area contributed by atoms with E-state index in [0.29, 0.717) is 0 Å². The highest BCUT2D eigenvalue weighted by Gasteiger charge is 2.21. The lowest BCUT2D eigenvalue weighted by molar-refractivity contribution is -0.137. The Balaban J connectivity index is 1.81. The number of carbonyl (C=O) groups is 1. The van der Waals surface area contributed by atoms with Crippen molar-refractivity contribution in [1.82, 2.24) is 4.90 Å². The van der Waals surface area contributed by atoms with Crippen molar-refractivity contribution in [2.75, 3.05) is 26.2 Å². The summed E-state index contributed by atoms with van der Waals surface area (Å²) < 4.78 is 6.90. The van der Waals surface area contributed by atoms with Gasteiger partial charge in [-0.25, -0.2) is 0 Å². The molecule has 0 saturated carbocycles. The second-order valence-electron chi connectivity index (χ2n) is 5.07. The van der Waals surface area contributed by atoms with Gasteiger partial charge >= 0.3 is 5.97 Å². The van der Waals surface area contributed by atoms with Crippen molar-refractivity contribution in [3.63, 3.8) is 0 Å². The first-order valence-electron chi connectivity index (χ1n) is 6.96. The van der Waals surface area contributed by atoms with E-state index in [0.717, 1.165) is 43.6 Å². The molecule has 1 saturated heterocycles. The van der Waals surface area contributed by atoms with Crippen LogP contribution in [-0.2, 0) is 9.53 Å². The smallest absolute Gasteiger partial charge is 0.303 e. The van der Waals surface area contributed by atoms with Crippen LogP contribution in [0.1, 0.15) is 30.9 Å². The average molecular weight is 342 g/mol. The molecule has 0 radical (unpaired) electrons. The van der Waals surface area contributed by atoms with Crippen LogP contribution in [0.25, 0.3) is 0 Å². The zero-order chi connectivity index (χ0) is 14.4. The third kappa shape index (κ3) is 4.89. The van der Waals surface area contributed by atoms with Crippen molar-refractivity contribution in [3.05, 3.63) is 34.3 Å². The van der Waals surface area contributed by atoms with Crippen molar-refractivity contribution < 1.29 is 14.6 Å². The molecule has 2 rings (SSSR count). The van der Waals surface area contributed by atoms with Gasteiger partial charge in [0.15, 0.2) is 0 Å². The summed E-state index contributed by atoms with van der Waals surface area (Å²) in [6, 6.07) is 8.21. The molecule has 1 aromatic rings. The van der Waals surface area contributed by atoms with Crippen LogP contribution < -0.4 is 0 Å². The summed E-state index contributed by atoms with van der Waals surface area (Å²) in [5, 5.41) is 8.63. The van der Waals surface area contributed by atoms with E-state index in [1.807, 2.05) is 12.1 Å². The number of morpholine rings is 1. The van der Waals surface area contributed by atoms with Gasteiger partial charge < -0.3 is 9.84 Å². The van der Waals surface area contributed by atoms with Gasteiger partial charge in [0.25, 0.3) is 0 Å². The van der Waals surface area contributed by atoms with Gasteiger partial charge in [0.1, 0.15) is 0 Å². The zero-order valence-electron chi connectivity index (χ0n) is 11.4. The molecule has 0 unspecified atom stereocenters. The highest BCUT2D eigenvalue weighted by molar-refractivity contribution is 9.10. The Kier molecular flexibility index (Phi) is 6.01. The zero-order valence-corrected chi connectivity index (χ0v) is 13.0. The van der Waals surface area contributed by atoms with Crippen LogP contribution in [0.2, 0.25) is 0 Å². The van der Waals surface area contributed by atoms with Crippen LogP contribution >= 0.6 is 15.9 Å². The molecule has 0 aromatic heterocycles. The van der Waals surface area contributed by atoms with Crippen LogP contribution in [0.5, 0.6) is 0 Å². The van der Waals surface area contributed by atoms with Gasteiger partial charge in [-0.3, -0.25) is 9.69 Å². The Hall–Kier alpha value is -0.910. The number of hydrogen-bond acceptors (Lipinski definition) is 3. The minimum atomic E-state index is -0.709. The van der Waals surface area contributed by atoms with E-state index >= 15 is 0 Å². The van der Waals surface area contributed by atoms with Crippen molar-refractivity contribution in [2.45, 2.75) is 25.4 Å². The van der Waals surface area contributed by atoms with Crippen molar-refractivity contribution in [3.8, 4) is 0 Å². The minimum absolute atomic E-state index is 0.112.